The van der Waals surface area contributed by atoms with Crippen molar-refractivity contribution in [3.8, 4) is 6.07 Å². The molecule has 1 amide bonds. The maximum atomic E-state index is 11.9. The number of nitrogens with zero attached hydrogens (tertiary/aromatic N) is 1. The minimum atomic E-state index is -0.633. The lowest BCUT2D eigenvalue weighted by Gasteiger charge is -2.24. The minimum absolute atomic E-state index is 0.131. The van der Waals surface area contributed by atoms with Crippen molar-refractivity contribution in [1.82, 2.24) is 5.32 Å². The van der Waals surface area contributed by atoms with Gasteiger partial charge in [0, 0.05) is 0 Å². The zero-order valence-corrected chi connectivity index (χ0v) is 10.4. The fourth-order valence-electron chi connectivity index (χ4n) is 1.28. The summed E-state index contributed by atoms with van der Waals surface area (Å²) in [5.74, 6) is -0.131. The molecule has 0 aliphatic carbocycles. The molecule has 4 nitrogen and oxygen atoms in total. The van der Waals surface area contributed by atoms with E-state index < -0.39 is 5.54 Å². The average Bonchev–Trinajstić information content (AvgIpc) is 2.65. The number of anilines is 1. The molecule has 0 saturated heterocycles. The first-order chi connectivity index (χ1) is 7.51. The molecule has 0 spiro atoms. The highest BCUT2D eigenvalue weighted by Gasteiger charge is 2.26. The van der Waals surface area contributed by atoms with Gasteiger partial charge in [-0.05, 0) is 31.8 Å². The molecule has 0 aliphatic rings. The van der Waals surface area contributed by atoms with E-state index in [0.717, 1.165) is 6.54 Å². The highest BCUT2D eigenvalue weighted by Crippen LogP contribution is 2.23. The molecular weight excluding hydrogens is 222 g/mol. The molecule has 0 atom stereocenters. The van der Waals surface area contributed by atoms with E-state index in [1.807, 2.05) is 26.8 Å². The summed E-state index contributed by atoms with van der Waals surface area (Å²) in [6.45, 7) is 6.29. The van der Waals surface area contributed by atoms with Crippen LogP contribution in [-0.4, -0.2) is 18.0 Å². The van der Waals surface area contributed by atoms with Gasteiger partial charge in [0.25, 0.3) is 0 Å². The molecule has 0 bridgehead atoms. The number of nitrogens with one attached hydrogen (secondary N) is 2. The second-order valence-corrected chi connectivity index (χ2v) is 4.80. The van der Waals surface area contributed by atoms with Crippen molar-refractivity contribution in [2.75, 3.05) is 11.9 Å². The Morgan fingerprint density at radius 3 is 2.88 bits per heavy atom. The van der Waals surface area contributed by atoms with Crippen molar-refractivity contribution in [2.24, 2.45) is 0 Å². The van der Waals surface area contributed by atoms with Crippen molar-refractivity contribution >= 4 is 22.2 Å². The Bertz CT molecular complexity index is 417. The molecule has 0 fully saturated rings. The van der Waals surface area contributed by atoms with Crippen LogP contribution < -0.4 is 10.6 Å². The number of hydrogen-bond donors (Lipinski definition) is 2. The predicted molar refractivity (Wildman–Crippen MR) is 65.4 cm³/mol. The number of amides is 1. The van der Waals surface area contributed by atoms with Crippen molar-refractivity contribution in [2.45, 2.75) is 26.3 Å². The summed E-state index contributed by atoms with van der Waals surface area (Å²) < 4.78 is 0. The van der Waals surface area contributed by atoms with Gasteiger partial charge in [-0.15, -0.1) is 11.3 Å². The Labute approximate surface area is 99.3 Å². The second kappa shape index (κ2) is 5.10. The lowest BCUT2D eigenvalue weighted by Crippen LogP contribution is -2.49. The first kappa shape index (κ1) is 12.7. The molecular formula is C11H15N3OS. The summed E-state index contributed by atoms with van der Waals surface area (Å²) in [7, 11) is 0. The maximum absolute atomic E-state index is 11.9. The summed E-state index contributed by atoms with van der Waals surface area (Å²) >= 11 is 1.35. The van der Waals surface area contributed by atoms with Crippen LogP contribution in [0.15, 0.2) is 11.4 Å². The summed E-state index contributed by atoms with van der Waals surface area (Å²) in [4.78, 5) is 11.9. The summed E-state index contributed by atoms with van der Waals surface area (Å²) in [5, 5.41) is 17.1. The number of hydrogen-bond acceptors (Lipinski definition) is 4. The Kier molecular flexibility index (Phi) is 4.05. The third-order valence-corrected chi connectivity index (χ3v) is 3.03. The van der Waals surface area contributed by atoms with Gasteiger partial charge in [-0.1, -0.05) is 6.92 Å². The Morgan fingerprint density at radius 1 is 1.62 bits per heavy atom. The van der Waals surface area contributed by atoms with Gasteiger partial charge in [0.15, 0.2) is 0 Å². The number of rotatable bonds is 4. The van der Waals surface area contributed by atoms with Crippen LogP contribution in [0, 0.1) is 11.3 Å². The van der Waals surface area contributed by atoms with Crippen LogP contribution in [0.1, 0.15) is 26.3 Å². The third kappa shape index (κ3) is 2.81. The molecule has 1 aromatic rings. The minimum Gasteiger partial charge on any atom is -0.315 e. The van der Waals surface area contributed by atoms with Gasteiger partial charge in [-0.25, -0.2) is 0 Å². The lowest BCUT2D eigenvalue weighted by atomic mass is 10.0. The zero-order chi connectivity index (χ0) is 12.2. The fourth-order valence-corrected chi connectivity index (χ4v) is 2.01. The average molecular weight is 237 g/mol. The van der Waals surface area contributed by atoms with Crippen LogP contribution in [0.2, 0.25) is 0 Å². The fraction of sp³-hybridized carbons (Fsp3) is 0.455. The van der Waals surface area contributed by atoms with Crippen molar-refractivity contribution in [3.05, 3.63) is 17.0 Å². The van der Waals surface area contributed by atoms with Crippen LogP contribution in [0.3, 0.4) is 0 Å². The molecule has 0 aliphatic heterocycles. The van der Waals surface area contributed by atoms with Crippen LogP contribution in [0.25, 0.3) is 0 Å². The van der Waals surface area contributed by atoms with E-state index in [9.17, 15) is 4.79 Å². The van der Waals surface area contributed by atoms with E-state index in [-0.39, 0.29) is 5.91 Å². The van der Waals surface area contributed by atoms with Crippen LogP contribution in [-0.2, 0) is 4.79 Å². The Balaban J connectivity index is 2.76. The van der Waals surface area contributed by atoms with Gasteiger partial charge in [0.05, 0.1) is 11.1 Å². The first-order valence-electron chi connectivity index (χ1n) is 5.05. The van der Waals surface area contributed by atoms with Crippen molar-refractivity contribution in [1.29, 1.82) is 5.26 Å². The summed E-state index contributed by atoms with van der Waals surface area (Å²) in [5.41, 5.74) is -0.128. The number of carbonyl (C=O) groups excluding carboxylic acids is 1. The molecule has 2 N–H and O–H groups in total. The molecule has 1 rings (SSSR count). The maximum Gasteiger partial charge on any atom is 0.244 e. The molecule has 1 aromatic heterocycles. The standard InChI is InChI=1S/C11H15N3OS/c1-4-13-11(2,3)10(15)14-9-8(7-12)5-6-16-9/h5-6,13H,4H2,1-3H3,(H,14,15). The van der Waals surface area contributed by atoms with Gasteiger partial charge >= 0.3 is 0 Å². The van der Waals surface area contributed by atoms with Gasteiger partial charge in [0.2, 0.25) is 5.91 Å². The Hall–Kier alpha value is -1.38. The second-order valence-electron chi connectivity index (χ2n) is 3.88. The van der Waals surface area contributed by atoms with Gasteiger partial charge in [-0.3, -0.25) is 4.79 Å². The number of likely N-dealkylation sites (N-methyl/N-ethyl adjacent to an activating group) is 1. The molecule has 1 heterocycles. The predicted octanol–water partition coefficient (Wildman–Crippen LogP) is 1.95. The van der Waals surface area contributed by atoms with Crippen LogP contribution >= 0.6 is 11.3 Å². The van der Waals surface area contributed by atoms with E-state index in [2.05, 4.69) is 10.6 Å². The lowest BCUT2D eigenvalue weighted by molar-refractivity contribution is -0.121. The molecule has 0 radical (unpaired) electrons. The first-order valence-corrected chi connectivity index (χ1v) is 5.93. The van der Waals surface area contributed by atoms with Crippen LogP contribution in [0.5, 0.6) is 0 Å². The summed E-state index contributed by atoms with van der Waals surface area (Å²) in [6.07, 6.45) is 0. The highest BCUT2D eigenvalue weighted by atomic mass is 32.1. The van der Waals surface area contributed by atoms with Gasteiger partial charge in [-0.2, -0.15) is 5.26 Å². The highest BCUT2D eigenvalue weighted by molar-refractivity contribution is 7.14. The number of carbonyl (C=O) groups is 1. The van der Waals surface area contributed by atoms with E-state index in [1.165, 1.54) is 11.3 Å². The van der Waals surface area contributed by atoms with E-state index in [1.54, 1.807) is 11.4 Å². The van der Waals surface area contributed by atoms with Gasteiger partial charge in [0.1, 0.15) is 11.1 Å². The van der Waals surface area contributed by atoms with E-state index in [0.29, 0.717) is 10.6 Å². The largest absolute Gasteiger partial charge is 0.315 e. The van der Waals surface area contributed by atoms with Crippen molar-refractivity contribution in [3.63, 3.8) is 0 Å². The van der Waals surface area contributed by atoms with Crippen LogP contribution in [0.4, 0.5) is 5.00 Å². The zero-order valence-electron chi connectivity index (χ0n) is 9.63. The van der Waals surface area contributed by atoms with Gasteiger partial charge < -0.3 is 10.6 Å². The Morgan fingerprint density at radius 2 is 2.31 bits per heavy atom. The summed E-state index contributed by atoms with van der Waals surface area (Å²) in [6, 6.07) is 3.73. The molecule has 86 valence electrons. The SMILES string of the molecule is CCNC(C)(C)C(=O)Nc1sccc1C#N. The smallest absolute Gasteiger partial charge is 0.244 e. The molecule has 16 heavy (non-hydrogen) atoms. The molecule has 0 saturated carbocycles. The molecule has 0 unspecified atom stereocenters. The quantitative estimate of drug-likeness (QED) is 0.841. The molecule has 5 heteroatoms. The number of thiophene rings is 1. The molecule has 0 aromatic carbocycles. The normalized spacial score (nSPS) is 10.9. The third-order valence-electron chi connectivity index (χ3n) is 2.20. The van der Waals surface area contributed by atoms with E-state index in [4.69, 9.17) is 5.26 Å². The number of nitriles is 1. The van der Waals surface area contributed by atoms with E-state index >= 15 is 0 Å². The topological polar surface area (TPSA) is 64.9 Å². The van der Waals surface area contributed by atoms with Crippen molar-refractivity contribution < 1.29 is 4.79 Å². The monoisotopic (exact) mass is 237 g/mol.